The molecule has 0 saturated heterocycles. The van der Waals surface area contributed by atoms with Crippen LogP contribution in [0.1, 0.15) is 44.6 Å². The molecule has 2 saturated carbocycles. The lowest BCUT2D eigenvalue weighted by atomic mass is 9.87. The van der Waals surface area contributed by atoms with Crippen molar-refractivity contribution in [3.8, 4) is 5.75 Å². The van der Waals surface area contributed by atoms with Crippen molar-refractivity contribution in [3.63, 3.8) is 0 Å². The van der Waals surface area contributed by atoms with Gasteiger partial charge in [-0.2, -0.15) is 0 Å². The van der Waals surface area contributed by atoms with Crippen LogP contribution >= 0.6 is 0 Å². The zero-order valence-corrected chi connectivity index (χ0v) is 13.0. The lowest BCUT2D eigenvalue weighted by Crippen LogP contribution is -2.20. The molecule has 0 heterocycles. The van der Waals surface area contributed by atoms with Crippen LogP contribution in [0.2, 0.25) is 0 Å². The van der Waals surface area contributed by atoms with Crippen LogP contribution in [0.5, 0.6) is 5.75 Å². The fourth-order valence-electron chi connectivity index (χ4n) is 4.02. The van der Waals surface area contributed by atoms with E-state index in [2.05, 4.69) is 6.58 Å². The molecule has 0 aromatic heterocycles. The topological polar surface area (TPSA) is 18.5 Å². The third-order valence-electron chi connectivity index (χ3n) is 5.14. The highest BCUT2D eigenvalue weighted by Gasteiger charge is 2.38. The van der Waals surface area contributed by atoms with Gasteiger partial charge in [0.1, 0.15) is 5.75 Å². The smallest absolute Gasteiger partial charge is 0.196 e. The predicted molar refractivity (Wildman–Crippen MR) is 86.1 cm³/mol. The highest BCUT2D eigenvalue weighted by molar-refractivity contribution is 5.48. The van der Waals surface area contributed by atoms with Gasteiger partial charge in [-0.05, 0) is 68.1 Å². The van der Waals surface area contributed by atoms with Crippen molar-refractivity contribution in [1.82, 2.24) is 0 Å². The third-order valence-corrected chi connectivity index (χ3v) is 5.14. The first-order valence-corrected chi connectivity index (χ1v) is 8.25. The Kier molecular flexibility index (Phi) is 4.64. The molecule has 21 heavy (non-hydrogen) atoms. The van der Waals surface area contributed by atoms with Gasteiger partial charge in [-0.25, -0.2) is 0 Å². The molecule has 2 bridgehead atoms. The number of rotatable bonds is 7. The second kappa shape index (κ2) is 6.65. The Morgan fingerprint density at radius 2 is 2.05 bits per heavy atom. The highest BCUT2D eigenvalue weighted by atomic mass is 16.7. The van der Waals surface area contributed by atoms with E-state index < -0.39 is 0 Å². The van der Waals surface area contributed by atoms with E-state index in [0.717, 1.165) is 35.7 Å². The van der Waals surface area contributed by atoms with Gasteiger partial charge in [0.05, 0.1) is 6.61 Å². The van der Waals surface area contributed by atoms with Crippen LogP contribution in [-0.2, 0) is 4.74 Å². The molecule has 0 aliphatic heterocycles. The van der Waals surface area contributed by atoms with Crippen LogP contribution in [0, 0.1) is 17.8 Å². The molecular formula is C19H26O2. The molecule has 0 spiro atoms. The van der Waals surface area contributed by atoms with Gasteiger partial charge in [-0.15, -0.1) is 0 Å². The van der Waals surface area contributed by atoms with Gasteiger partial charge in [0.15, 0.2) is 6.29 Å². The summed E-state index contributed by atoms with van der Waals surface area (Å²) in [7, 11) is 0. The lowest BCUT2D eigenvalue weighted by molar-refractivity contribution is -0.0716. The summed E-state index contributed by atoms with van der Waals surface area (Å²) in [6, 6.07) is 7.94. The fourth-order valence-corrected chi connectivity index (χ4v) is 4.02. The van der Waals surface area contributed by atoms with E-state index >= 15 is 0 Å². The van der Waals surface area contributed by atoms with Crippen LogP contribution < -0.4 is 4.74 Å². The van der Waals surface area contributed by atoms with Gasteiger partial charge in [0, 0.05) is 0 Å². The van der Waals surface area contributed by atoms with Crippen molar-refractivity contribution in [1.29, 1.82) is 0 Å². The van der Waals surface area contributed by atoms with Gasteiger partial charge in [-0.3, -0.25) is 0 Å². The highest BCUT2D eigenvalue weighted by Crippen LogP contribution is 2.49. The van der Waals surface area contributed by atoms with Crippen molar-refractivity contribution in [2.75, 3.05) is 6.61 Å². The monoisotopic (exact) mass is 286 g/mol. The average molecular weight is 286 g/mol. The summed E-state index contributed by atoms with van der Waals surface area (Å²) in [5.74, 6) is 3.77. The molecule has 3 rings (SSSR count). The number of hydrogen-bond donors (Lipinski definition) is 0. The van der Waals surface area contributed by atoms with E-state index in [1.165, 1.54) is 32.1 Å². The molecule has 1 aromatic carbocycles. The van der Waals surface area contributed by atoms with E-state index in [-0.39, 0.29) is 6.29 Å². The number of hydrogen-bond acceptors (Lipinski definition) is 2. The van der Waals surface area contributed by atoms with E-state index in [1.807, 2.05) is 37.3 Å². The Morgan fingerprint density at radius 3 is 2.67 bits per heavy atom. The van der Waals surface area contributed by atoms with Gasteiger partial charge >= 0.3 is 0 Å². The molecule has 114 valence electrons. The van der Waals surface area contributed by atoms with E-state index in [4.69, 9.17) is 9.47 Å². The van der Waals surface area contributed by atoms with E-state index in [9.17, 15) is 0 Å². The summed E-state index contributed by atoms with van der Waals surface area (Å²) in [5.41, 5.74) is 1.10. The minimum absolute atomic E-state index is 0.182. The second-order valence-corrected chi connectivity index (χ2v) is 6.55. The predicted octanol–water partition coefficient (Wildman–Crippen LogP) is 4.90. The first-order chi connectivity index (χ1) is 10.2. The summed E-state index contributed by atoms with van der Waals surface area (Å²) in [6.07, 6.45) is 8.69. The van der Waals surface area contributed by atoms with Crippen LogP contribution in [-0.4, -0.2) is 12.9 Å². The van der Waals surface area contributed by atoms with Gasteiger partial charge in [-0.1, -0.05) is 31.2 Å². The Bertz CT molecular complexity index is 465. The third kappa shape index (κ3) is 3.68. The second-order valence-electron chi connectivity index (χ2n) is 6.55. The quantitative estimate of drug-likeness (QED) is 0.664. The van der Waals surface area contributed by atoms with Crippen LogP contribution in [0.15, 0.2) is 30.8 Å². The molecule has 1 aromatic rings. The SMILES string of the molecule is C=Cc1ccc(OC(C)OCCC2CC3CCC2C3)cc1. The summed E-state index contributed by atoms with van der Waals surface area (Å²) < 4.78 is 11.6. The fraction of sp³-hybridized carbons (Fsp3) is 0.579. The minimum Gasteiger partial charge on any atom is -0.465 e. The van der Waals surface area contributed by atoms with Crippen molar-refractivity contribution in [2.24, 2.45) is 17.8 Å². The number of fused-ring (bicyclic) bond motifs is 2. The Balaban J connectivity index is 1.37. The molecule has 2 fully saturated rings. The maximum absolute atomic E-state index is 5.83. The average Bonchev–Trinajstić information content (AvgIpc) is 3.11. The molecule has 2 heteroatoms. The van der Waals surface area contributed by atoms with Crippen molar-refractivity contribution >= 4 is 6.08 Å². The molecule has 0 N–H and O–H groups in total. The van der Waals surface area contributed by atoms with Gasteiger partial charge in [0.25, 0.3) is 0 Å². The molecule has 0 radical (unpaired) electrons. The van der Waals surface area contributed by atoms with Gasteiger partial charge in [0.2, 0.25) is 0 Å². The summed E-state index contributed by atoms with van der Waals surface area (Å²) in [4.78, 5) is 0. The molecule has 2 aliphatic carbocycles. The van der Waals surface area contributed by atoms with Gasteiger partial charge < -0.3 is 9.47 Å². The van der Waals surface area contributed by atoms with Crippen LogP contribution in [0.4, 0.5) is 0 Å². The number of ether oxygens (including phenoxy) is 2. The number of benzene rings is 1. The molecule has 0 amide bonds. The zero-order chi connectivity index (χ0) is 14.7. The van der Waals surface area contributed by atoms with Crippen molar-refractivity contribution < 1.29 is 9.47 Å². The lowest BCUT2D eigenvalue weighted by Gasteiger charge is -2.22. The first-order valence-electron chi connectivity index (χ1n) is 8.25. The minimum atomic E-state index is -0.182. The maximum atomic E-state index is 5.83. The zero-order valence-electron chi connectivity index (χ0n) is 13.0. The normalized spacial score (nSPS) is 28.5. The largest absolute Gasteiger partial charge is 0.465 e. The van der Waals surface area contributed by atoms with E-state index in [0.29, 0.717) is 0 Å². The van der Waals surface area contributed by atoms with E-state index in [1.54, 1.807) is 0 Å². The summed E-state index contributed by atoms with van der Waals surface area (Å²) >= 11 is 0. The van der Waals surface area contributed by atoms with Crippen LogP contribution in [0.25, 0.3) is 6.08 Å². The summed E-state index contributed by atoms with van der Waals surface area (Å²) in [5, 5.41) is 0. The van der Waals surface area contributed by atoms with Crippen molar-refractivity contribution in [2.45, 2.75) is 45.3 Å². The first kappa shape index (κ1) is 14.6. The molecule has 2 aliphatic rings. The Hall–Kier alpha value is -1.28. The Morgan fingerprint density at radius 1 is 1.24 bits per heavy atom. The maximum Gasteiger partial charge on any atom is 0.196 e. The molecule has 2 nitrogen and oxygen atoms in total. The molecule has 4 atom stereocenters. The molecule has 4 unspecified atom stereocenters. The van der Waals surface area contributed by atoms with Crippen molar-refractivity contribution in [3.05, 3.63) is 36.4 Å². The standard InChI is InChI=1S/C19H26O2/c1-3-15-5-8-19(9-6-15)21-14(2)20-11-10-18-13-16-4-7-17(18)12-16/h3,5-6,8-9,14,16-18H,1,4,7,10-13H2,2H3. The molecular weight excluding hydrogens is 260 g/mol. The Labute approximate surface area is 128 Å². The van der Waals surface area contributed by atoms with Crippen LogP contribution in [0.3, 0.4) is 0 Å². The summed E-state index contributed by atoms with van der Waals surface area (Å²) in [6.45, 7) is 6.54.